The molecule has 2 heterocycles. The van der Waals surface area contributed by atoms with E-state index in [-0.39, 0.29) is 0 Å². The summed E-state index contributed by atoms with van der Waals surface area (Å²) in [6, 6.07) is 1.28. The van der Waals surface area contributed by atoms with Gasteiger partial charge in [0.15, 0.2) is 0 Å². The zero-order valence-electron chi connectivity index (χ0n) is 11.8. The molecule has 4 nitrogen and oxygen atoms in total. The molecule has 0 bridgehead atoms. The second-order valence-corrected chi connectivity index (χ2v) is 5.36. The van der Waals surface area contributed by atoms with E-state index in [2.05, 4.69) is 29.0 Å². The molecule has 4 heteroatoms. The Kier molecular flexibility index (Phi) is 4.78. The highest BCUT2D eigenvalue weighted by atomic mass is 16.4. The molecule has 1 aromatic heterocycles. The number of oxazole rings is 1. The summed E-state index contributed by atoms with van der Waals surface area (Å²) in [5.41, 5.74) is 0. The molecule has 0 saturated carbocycles. The lowest BCUT2D eigenvalue weighted by molar-refractivity contribution is 0.117. The summed E-state index contributed by atoms with van der Waals surface area (Å²) in [7, 11) is 0. The molecule has 0 aliphatic carbocycles. The molecule has 18 heavy (non-hydrogen) atoms. The largest absolute Gasteiger partial charge is 0.445 e. The van der Waals surface area contributed by atoms with Crippen molar-refractivity contribution in [2.45, 2.75) is 58.7 Å². The molecule has 102 valence electrons. The number of rotatable bonds is 5. The zero-order valence-corrected chi connectivity index (χ0v) is 11.8. The number of nitrogens with one attached hydrogen (secondary N) is 1. The van der Waals surface area contributed by atoms with Crippen LogP contribution >= 0.6 is 0 Å². The first-order chi connectivity index (χ1) is 8.69. The van der Waals surface area contributed by atoms with Gasteiger partial charge in [-0.05, 0) is 39.7 Å². The Bertz CT molecular complexity index is 364. The fourth-order valence-electron chi connectivity index (χ4n) is 2.64. The van der Waals surface area contributed by atoms with E-state index in [9.17, 15) is 0 Å². The molecule has 1 N–H and O–H groups in total. The minimum atomic E-state index is 0.598. The molecule has 2 atom stereocenters. The summed E-state index contributed by atoms with van der Waals surface area (Å²) in [4.78, 5) is 6.76. The quantitative estimate of drug-likeness (QED) is 0.872. The topological polar surface area (TPSA) is 41.3 Å². The molecule has 2 unspecified atom stereocenters. The summed E-state index contributed by atoms with van der Waals surface area (Å²) in [6.45, 7) is 9.57. The lowest BCUT2D eigenvalue weighted by atomic mass is 9.98. The molecule has 0 amide bonds. The van der Waals surface area contributed by atoms with Gasteiger partial charge in [-0.3, -0.25) is 4.90 Å². The van der Waals surface area contributed by atoms with E-state index in [0.29, 0.717) is 12.1 Å². The molecule has 1 aromatic rings. The third-order valence-corrected chi connectivity index (χ3v) is 3.70. The van der Waals surface area contributed by atoms with E-state index < -0.39 is 0 Å². The highest BCUT2D eigenvalue weighted by Gasteiger charge is 2.25. The first kappa shape index (κ1) is 13.6. The predicted octanol–water partition coefficient (Wildman–Crippen LogP) is 2.34. The second kappa shape index (κ2) is 6.34. The van der Waals surface area contributed by atoms with Gasteiger partial charge in [0.2, 0.25) is 5.89 Å². The monoisotopic (exact) mass is 251 g/mol. The van der Waals surface area contributed by atoms with Gasteiger partial charge in [0.05, 0.1) is 12.7 Å². The highest BCUT2D eigenvalue weighted by Crippen LogP contribution is 2.19. The Labute approximate surface area is 110 Å². The minimum Gasteiger partial charge on any atom is -0.445 e. The molecule has 1 aliphatic heterocycles. The smallest absolute Gasteiger partial charge is 0.208 e. The number of aryl methyl sites for hydroxylation is 1. The Morgan fingerprint density at radius 1 is 1.56 bits per heavy atom. The van der Waals surface area contributed by atoms with Gasteiger partial charge in [-0.25, -0.2) is 4.98 Å². The third-order valence-electron chi connectivity index (χ3n) is 3.70. The van der Waals surface area contributed by atoms with Crippen LogP contribution in [0.3, 0.4) is 0 Å². The van der Waals surface area contributed by atoms with Gasteiger partial charge in [0.1, 0.15) is 5.76 Å². The van der Waals surface area contributed by atoms with Gasteiger partial charge in [0.25, 0.3) is 0 Å². The second-order valence-electron chi connectivity index (χ2n) is 5.36. The van der Waals surface area contributed by atoms with Crippen molar-refractivity contribution in [2.75, 3.05) is 13.1 Å². The summed E-state index contributed by atoms with van der Waals surface area (Å²) in [6.07, 6.45) is 5.46. The van der Waals surface area contributed by atoms with Crippen LogP contribution in [-0.4, -0.2) is 35.1 Å². The van der Waals surface area contributed by atoms with Gasteiger partial charge >= 0.3 is 0 Å². The average molecular weight is 251 g/mol. The van der Waals surface area contributed by atoms with E-state index in [1.165, 1.54) is 19.3 Å². The molecule has 1 saturated heterocycles. The standard InChI is InChI=1S/C14H25N3O/c1-4-6-15-13-5-7-17(11(2)8-13)10-14-16-9-12(3)18-14/h9,11,13,15H,4-8,10H2,1-3H3. The highest BCUT2D eigenvalue weighted by molar-refractivity contribution is 4.92. The maximum absolute atomic E-state index is 5.56. The van der Waals surface area contributed by atoms with Crippen molar-refractivity contribution in [1.82, 2.24) is 15.2 Å². The van der Waals surface area contributed by atoms with Crippen molar-refractivity contribution in [3.8, 4) is 0 Å². The van der Waals surface area contributed by atoms with Crippen molar-refractivity contribution >= 4 is 0 Å². The maximum atomic E-state index is 5.56. The Morgan fingerprint density at radius 2 is 2.39 bits per heavy atom. The van der Waals surface area contributed by atoms with Crippen LogP contribution in [0.15, 0.2) is 10.6 Å². The van der Waals surface area contributed by atoms with Crippen LogP contribution < -0.4 is 5.32 Å². The molecule has 0 radical (unpaired) electrons. The van der Waals surface area contributed by atoms with E-state index >= 15 is 0 Å². The van der Waals surface area contributed by atoms with E-state index in [4.69, 9.17) is 4.42 Å². The number of hydrogen-bond acceptors (Lipinski definition) is 4. The van der Waals surface area contributed by atoms with Crippen molar-refractivity contribution in [3.63, 3.8) is 0 Å². The number of hydrogen-bond donors (Lipinski definition) is 1. The summed E-state index contributed by atoms with van der Waals surface area (Å²) in [5, 5.41) is 3.62. The lowest BCUT2D eigenvalue weighted by Gasteiger charge is -2.37. The fraction of sp³-hybridized carbons (Fsp3) is 0.786. The van der Waals surface area contributed by atoms with E-state index in [0.717, 1.165) is 31.3 Å². The van der Waals surface area contributed by atoms with Crippen LogP contribution in [0.4, 0.5) is 0 Å². The van der Waals surface area contributed by atoms with Crippen LogP contribution in [0.1, 0.15) is 44.8 Å². The predicted molar refractivity (Wildman–Crippen MR) is 72.4 cm³/mol. The third kappa shape index (κ3) is 3.56. The van der Waals surface area contributed by atoms with Gasteiger partial charge in [-0.15, -0.1) is 0 Å². The van der Waals surface area contributed by atoms with E-state index in [1.807, 2.05) is 6.92 Å². The van der Waals surface area contributed by atoms with Crippen LogP contribution in [-0.2, 0) is 6.54 Å². The molecule has 1 fully saturated rings. The average Bonchev–Trinajstić information content (AvgIpc) is 2.75. The summed E-state index contributed by atoms with van der Waals surface area (Å²) in [5.74, 6) is 1.75. The van der Waals surface area contributed by atoms with Crippen LogP contribution in [0, 0.1) is 6.92 Å². The molecular formula is C14H25N3O. The number of piperidine rings is 1. The Balaban J connectivity index is 1.82. The van der Waals surface area contributed by atoms with Crippen LogP contribution in [0.5, 0.6) is 0 Å². The normalized spacial score (nSPS) is 25.5. The Morgan fingerprint density at radius 3 is 3.00 bits per heavy atom. The first-order valence-electron chi connectivity index (χ1n) is 7.07. The molecule has 1 aliphatic rings. The minimum absolute atomic E-state index is 0.598. The number of nitrogens with zero attached hydrogens (tertiary/aromatic N) is 2. The zero-order chi connectivity index (χ0) is 13.0. The fourth-order valence-corrected chi connectivity index (χ4v) is 2.64. The van der Waals surface area contributed by atoms with Gasteiger partial charge in [-0.2, -0.15) is 0 Å². The maximum Gasteiger partial charge on any atom is 0.208 e. The first-order valence-corrected chi connectivity index (χ1v) is 7.07. The van der Waals surface area contributed by atoms with Crippen molar-refractivity contribution < 1.29 is 4.42 Å². The molecule has 2 rings (SSSR count). The number of aromatic nitrogens is 1. The Hall–Kier alpha value is -0.870. The van der Waals surface area contributed by atoms with Crippen molar-refractivity contribution in [1.29, 1.82) is 0 Å². The lowest BCUT2D eigenvalue weighted by Crippen LogP contribution is -2.47. The van der Waals surface area contributed by atoms with E-state index in [1.54, 1.807) is 6.20 Å². The SMILES string of the molecule is CCCNC1CCN(Cc2ncc(C)o2)C(C)C1. The van der Waals surface area contributed by atoms with Crippen LogP contribution in [0.2, 0.25) is 0 Å². The van der Waals surface area contributed by atoms with Crippen molar-refractivity contribution in [3.05, 3.63) is 17.8 Å². The van der Waals surface area contributed by atoms with Gasteiger partial charge in [-0.1, -0.05) is 6.92 Å². The molecule has 0 aromatic carbocycles. The number of likely N-dealkylation sites (tertiary alicyclic amines) is 1. The molecule has 0 spiro atoms. The molecular weight excluding hydrogens is 226 g/mol. The van der Waals surface area contributed by atoms with Gasteiger partial charge in [0, 0.05) is 18.6 Å². The summed E-state index contributed by atoms with van der Waals surface area (Å²) >= 11 is 0. The van der Waals surface area contributed by atoms with Crippen molar-refractivity contribution in [2.24, 2.45) is 0 Å². The van der Waals surface area contributed by atoms with Gasteiger partial charge < -0.3 is 9.73 Å². The van der Waals surface area contributed by atoms with Crippen LogP contribution in [0.25, 0.3) is 0 Å². The summed E-state index contributed by atoms with van der Waals surface area (Å²) < 4.78 is 5.56.